The van der Waals surface area contributed by atoms with E-state index in [1.54, 1.807) is 12.1 Å². The molecule has 0 heterocycles. The molecule has 2 aromatic carbocycles. The van der Waals surface area contributed by atoms with Crippen molar-refractivity contribution in [3.05, 3.63) is 58.6 Å². The molecule has 4 nitrogen and oxygen atoms in total. The number of alkyl halides is 1. The number of hydrogen-bond donors (Lipinski definition) is 0. The van der Waals surface area contributed by atoms with Gasteiger partial charge < -0.3 is 4.74 Å². The standard InChI is InChI=1S/C15H14ClNO3/c16-9-2-10-20-15-7-5-12(6-8-15)13-3-1-4-14(11-13)17(18)19/h1,3-8,11H,2,9-10H2. The number of nitro groups is 1. The molecule has 2 aromatic rings. The summed E-state index contributed by atoms with van der Waals surface area (Å²) in [7, 11) is 0. The molecule has 0 N–H and O–H groups in total. The first kappa shape index (κ1) is 14.3. The average Bonchev–Trinajstić information content (AvgIpc) is 2.48. The zero-order chi connectivity index (χ0) is 14.4. The molecule has 0 atom stereocenters. The summed E-state index contributed by atoms with van der Waals surface area (Å²) in [6.07, 6.45) is 0.800. The summed E-state index contributed by atoms with van der Waals surface area (Å²) in [6, 6.07) is 14.0. The van der Waals surface area contributed by atoms with Crippen LogP contribution in [0.25, 0.3) is 11.1 Å². The Morgan fingerprint density at radius 3 is 2.50 bits per heavy atom. The van der Waals surface area contributed by atoms with Crippen LogP contribution in [0.3, 0.4) is 0 Å². The highest BCUT2D eigenvalue weighted by Crippen LogP contribution is 2.25. The van der Waals surface area contributed by atoms with Crippen molar-refractivity contribution in [1.29, 1.82) is 0 Å². The number of benzene rings is 2. The Morgan fingerprint density at radius 2 is 1.85 bits per heavy atom. The lowest BCUT2D eigenvalue weighted by Gasteiger charge is -2.06. The van der Waals surface area contributed by atoms with Crippen molar-refractivity contribution < 1.29 is 9.66 Å². The fourth-order valence-electron chi connectivity index (χ4n) is 1.79. The van der Waals surface area contributed by atoms with E-state index < -0.39 is 4.92 Å². The molecule has 2 rings (SSSR count). The Hall–Kier alpha value is -2.07. The predicted molar refractivity (Wildman–Crippen MR) is 79.4 cm³/mol. The van der Waals surface area contributed by atoms with Gasteiger partial charge in [-0.15, -0.1) is 11.6 Å². The molecule has 0 amide bonds. The first-order valence-corrected chi connectivity index (χ1v) is 6.78. The Bertz CT molecular complexity index is 584. The van der Waals surface area contributed by atoms with Crippen molar-refractivity contribution in [3.63, 3.8) is 0 Å². The van der Waals surface area contributed by atoms with Gasteiger partial charge in [0.2, 0.25) is 0 Å². The maximum atomic E-state index is 10.8. The molecule has 0 aromatic heterocycles. The van der Waals surface area contributed by atoms with Gasteiger partial charge in [-0.1, -0.05) is 24.3 Å². The molecule has 0 aliphatic carbocycles. The SMILES string of the molecule is O=[N+]([O-])c1cccc(-c2ccc(OCCCCl)cc2)c1. The number of hydrogen-bond acceptors (Lipinski definition) is 3. The van der Waals surface area contributed by atoms with Crippen molar-refractivity contribution in [2.75, 3.05) is 12.5 Å². The van der Waals surface area contributed by atoms with Crippen molar-refractivity contribution >= 4 is 17.3 Å². The van der Waals surface area contributed by atoms with Crippen LogP contribution in [0.1, 0.15) is 6.42 Å². The summed E-state index contributed by atoms with van der Waals surface area (Å²) in [5.74, 6) is 1.34. The maximum Gasteiger partial charge on any atom is 0.270 e. The van der Waals surface area contributed by atoms with Crippen LogP contribution in [0.5, 0.6) is 5.75 Å². The summed E-state index contributed by atoms with van der Waals surface area (Å²) in [5.41, 5.74) is 1.81. The second kappa shape index (κ2) is 6.91. The van der Waals surface area contributed by atoms with Crippen LogP contribution in [0.4, 0.5) is 5.69 Å². The first-order chi connectivity index (χ1) is 9.70. The van der Waals surface area contributed by atoms with E-state index in [-0.39, 0.29) is 5.69 Å². The van der Waals surface area contributed by atoms with E-state index >= 15 is 0 Å². The lowest BCUT2D eigenvalue weighted by Crippen LogP contribution is -1.97. The van der Waals surface area contributed by atoms with Gasteiger partial charge in [-0.3, -0.25) is 10.1 Å². The summed E-state index contributed by atoms with van der Waals surface area (Å²) < 4.78 is 5.51. The first-order valence-electron chi connectivity index (χ1n) is 6.24. The highest BCUT2D eigenvalue weighted by Gasteiger charge is 2.07. The lowest BCUT2D eigenvalue weighted by atomic mass is 10.1. The molecule has 0 aliphatic rings. The minimum atomic E-state index is -0.396. The van der Waals surface area contributed by atoms with Crippen LogP contribution in [-0.2, 0) is 0 Å². The largest absolute Gasteiger partial charge is 0.494 e. The monoisotopic (exact) mass is 291 g/mol. The lowest BCUT2D eigenvalue weighted by molar-refractivity contribution is -0.384. The number of non-ortho nitro benzene ring substituents is 1. The minimum Gasteiger partial charge on any atom is -0.494 e. The predicted octanol–water partition coefficient (Wildman–Crippen LogP) is 4.27. The third-order valence-electron chi connectivity index (χ3n) is 2.79. The summed E-state index contributed by atoms with van der Waals surface area (Å²) in [6.45, 7) is 0.583. The Balaban J connectivity index is 2.13. The van der Waals surface area contributed by atoms with Crippen LogP contribution in [-0.4, -0.2) is 17.4 Å². The number of ether oxygens (including phenoxy) is 1. The van der Waals surface area contributed by atoms with Gasteiger partial charge in [-0.05, 0) is 29.7 Å². The van der Waals surface area contributed by atoms with Crippen molar-refractivity contribution in [2.24, 2.45) is 0 Å². The topological polar surface area (TPSA) is 52.4 Å². The maximum absolute atomic E-state index is 10.8. The summed E-state index contributed by atoms with van der Waals surface area (Å²) >= 11 is 5.58. The molecule has 0 radical (unpaired) electrons. The fraction of sp³-hybridized carbons (Fsp3) is 0.200. The smallest absolute Gasteiger partial charge is 0.270 e. The van der Waals surface area contributed by atoms with E-state index in [9.17, 15) is 10.1 Å². The third-order valence-corrected chi connectivity index (χ3v) is 3.06. The van der Waals surface area contributed by atoms with Gasteiger partial charge in [0.25, 0.3) is 5.69 Å². The van der Waals surface area contributed by atoms with Gasteiger partial charge in [0.05, 0.1) is 11.5 Å². The van der Waals surface area contributed by atoms with Gasteiger partial charge >= 0.3 is 0 Å². The van der Waals surface area contributed by atoms with Crippen LogP contribution in [0, 0.1) is 10.1 Å². The van der Waals surface area contributed by atoms with Crippen molar-refractivity contribution in [1.82, 2.24) is 0 Å². The molecule has 0 saturated heterocycles. The Kier molecular flexibility index (Phi) is 4.96. The summed E-state index contributed by atoms with van der Waals surface area (Å²) in [4.78, 5) is 10.4. The molecule has 0 bridgehead atoms. The van der Waals surface area contributed by atoms with Crippen LogP contribution in [0.2, 0.25) is 0 Å². The van der Waals surface area contributed by atoms with E-state index in [2.05, 4.69) is 0 Å². The zero-order valence-corrected chi connectivity index (χ0v) is 11.5. The second-order valence-electron chi connectivity index (χ2n) is 4.22. The normalized spacial score (nSPS) is 10.2. The number of nitro benzene ring substituents is 1. The molecule has 0 unspecified atom stereocenters. The molecule has 20 heavy (non-hydrogen) atoms. The van der Waals surface area contributed by atoms with E-state index in [1.165, 1.54) is 6.07 Å². The third kappa shape index (κ3) is 3.71. The minimum absolute atomic E-state index is 0.0879. The van der Waals surface area contributed by atoms with Gasteiger partial charge in [-0.2, -0.15) is 0 Å². The molecule has 104 valence electrons. The highest BCUT2D eigenvalue weighted by atomic mass is 35.5. The number of halogens is 1. The molecule has 0 fully saturated rings. The van der Waals surface area contributed by atoms with Gasteiger partial charge in [0, 0.05) is 18.0 Å². The van der Waals surface area contributed by atoms with Crippen LogP contribution in [0.15, 0.2) is 48.5 Å². The number of nitrogens with zero attached hydrogens (tertiary/aromatic N) is 1. The van der Waals surface area contributed by atoms with E-state index in [0.717, 1.165) is 23.3 Å². The Labute approximate surface area is 122 Å². The van der Waals surface area contributed by atoms with E-state index in [1.807, 2.05) is 30.3 Å². The quantitative estimate of drug-likeness (QED) is 0.346. The van der Waals surface area contributed by atoms with Crippen molar-refractivity contribution in [2.45, 2.75) is 6.42 Å². The van der Waals surface area contributed by atoms with Crippen LogP contribution < -0.4 is 4.74 Å². The molecular formula is C15H14ClNO3. The number of rotatable bonds is 6. The van der Waals surface area contributed by atoms with Gasteiger partial charge in [-0.25, -0.2) is 0 Å². The van der Waals surface area contributed by atoms with Gasteiger partial charge in [0.1, 0.15) is 5.75 Å². The highest BCUT2D eigenvalue weighted by molar-refractivity contribution is 6.17. The molecule has 5 heteroatoms. The van der Waals surface area contributed by atoms with E-state index in [4.69, 9.17) is 16.3 Å². The molecule has 0 spiro atoms. The molecular weight excluding hydrogens is 278 g/mol. The molecule has 0 aliphatic heterocycles. The van der Waals surface area contributed by atoms with Crippen LogP contribution >= 0.6 is 11.6 Å². The average molecular weight is 292 g/mol. The van der Waals surface area contributed by atoms with Crippen molar-refractivity contribution in [3.8, 4) is 16.9 Å². The summed E-state index contributed by atoms with van der Waals surface area (Å²) in [5, 5.41) is 10.8. The van der Waals surface area contributed by atoms with Gasteiger partial charge in [0.15, 0.2) is 0 Å². The fourth-order valence-corrected chi connectivity index (χ4v) is 1.90. The molecule has 0 saturated carbocycles. The second-order valence-corrected chi connectivity index (χ2v) is 4.60. The Morgan fingerprint density at radius 1 is 1.10 bits per heavy atom. The zero-order valence-electron chi connectivity index (χ0n) is 10.8. The van der Waals surface area contributed by atoms with E-state index in [0.29, 0.717) is 12.5 Å².